The Morgan fingerprint density at radius 3 is 1.42 bits per heavy atom. The summed E-state index contributed by atoms with van der Waals surface area (Å²) in [5.74, 6) is -12.9. The van der Waals surface area contributed by atoms with Gasteiger partial charge in [-0.2, -0.15) is 13.2 Å². The van der Waals surface area contributed by atoms with E-state index < -0.39 is 101 Å². The summed E-state index contributed by atoms with van der Waals surface area (Å²) in [5, 5.41) is -4.23. The minimum atomic E-state index is -7.74. The lowest BCUT2D eigenvalue weighted by Crippen LogP contribution is -2.59. The van der Waals surface area contributed by atoms with E-state index in [2.05, 4.69) is 0 Å². The largest absolute Gasteiger partial charge is 0.502 e. The maximum Gasteiger partial charge on any atom is 0.502 e. The fourth-order valence-corrected chi connectivity index (χ4v) is 7.21. The van der Waals surface area contributed by atoms with E-state index in [0.29, 0.717) is 0 Å². The predicted octanol–water partition coefficient (Wildman–Crippen LogP) is 4.27. The van der Waals surface area contributed by atoms with E-state index in [1.54, 1.807) is 0 Å². The third-order valence-corrected chi connectivity index (χ3v) is 9.18. The summed E-state index contributed by atoms with van der Waals surface area (Å²) >= 11 is 0. The van der Waals surface area contributed by atoms with E-state index in [-0.39, 0.29) is 0 Å². The molecule has 0 saturated heterocycles. The monoisotopic (exact) mass is 550 g/mol. The number of halogens is 13. The molecule has 0 aromatic carbocycles. The van der Waals surface area contributed by atoms with Crippen molar-refractivity contribution in [2.45, 2.75) is 47.8 Å². The minimum absolute atomic E-state index is 3.07. The standard InChI is InChI=1S/C14H7F13O4S2/c15-2-1(3(16)5(18)6(19)4(2)17)13(33(30,31)14(25,26)27)32(28,29)12-10(23)8(21)7(20)9(22)11(12)24/h2,7-12H. The molecule has 0 heterocycles. The zero-order valence-corrected chi connectivity index (χ0v) is 16.5. The first kappa shape index (κ1) is 27.5. The number of rotatable bonds is 3. The summed E-state index contributed by atoms with van der Waals surface area (Å²) in [7, 11) is -14.9. The molecule has 5 unspecified atom stereocenters. The zero-order chi connectivity index (χ0) is 26.0. The van der Waals surface area contributed by atoms with Crippen LogP contribution in [-0.2, 0) is 19.7 Å². The molecule has 0 N–H and O–H groups in total. The molecule has 0 bridgehead atoms. The molecule has 4 nitrogen and oxygen atoms in total. The van der Waals surface area contributed by atoms with Crippen LogP contribution >= 0.6 is 0 Å². The Morgan fingerprint density at radius 1 is 0.636 bits per heavy atom. The van der Waals surface area contributed by atoms with Gasteiger partial charge in [-0.3, -0.25) is 0 Å². The van der Waals surface area contributed by atoms with Gasteiger partial charge in [-0.25, -0.2) is 60.7 Å². The third-order valence-electron chi connectivity index (χ3n) is 4.54. The smallest absolute Gasteiger partial charge is 0.243 e. The van der Waals surface area contributed by atoms with E-state index in [4.69, 9.17) is 0 Å². The van der Waals surface area contributed by atoms with Crippen LogP contribution in [0.15, 0.2) is 33.1 Å². The Balaban J connectivity index is 3.03. The van der Waals surface area contributed by atoms with Gasteiger partial charge in [0, 0.05) is 0 Å². The Labute approximate surface area is 175 Å². The van der Waals surface area contributed by atoms with E-state index in [1.165, 1.54) is 0 Å². The Hall–Kier alpha value is -1.79. The van der Waals surface area contributed by atoms with Crippen LogP contribution in [0.2, 0.25) is 0 Å². The highest BCUT2D eigenvalue weighted by Gasteiger charge is 2.64. The molecule has 1 fully saturated rings. The van der Waals surface area contributed by atoms with E-state index in [9.17, 15) is 73.9 Å². The third kappa shape index (κ3) is 4.03. The molecule has 0 amide bonds. The Bertz CT molecular complexity index is 1120. The minimum Gasteiger partial charge on any atom is -0.243 e. The molecule has 1 saturated carbocycles. The van der Waals surface area contributed by atoms with Gasteiger partial charge >= 0.3 is 5.51 Å². The van der Waals surface area contributed by atoms with Crippen molar-refractivity contribution in [1.29, 1.82) is 0 Å². The molecular weight excluding hydrogens is 543 g/mol. The normalized spacial score (nSPS) is 36.3. The predicted molar refractivity (Wildman–Crippen MR) is 82.6 cm³/mol. The van der Waals surface area contributed by atoms with Crippen molar-refractivity contribution in [2.24, 2.45) is 0 Å². The second-order valence-electron chi connectivity index (χ2n) is 6.53. The lowest BCUT2D eigenvalue weighted by atomic mass is 9.91. The SMILES string of the molecule is O=S(=O)(C(=C1C(F)=C(F)C(F)=C(F)C1F)S(=O)(=O)C(F)(F)F)C1C(F)C(F)C(F)C(F)C1F. The van der Waals surface area contributed by atoms with Gasteiger partial charge < -0.3 is 0 Å². The summed E-state index contributed by atoms with van der Waals surface area (Å²) in [6.07, 6.45) is -24.4. The second-order valence-corrected chi connectivity index (χ2v) is 10.7. The molecule has 0 aliphatic heterocycles. The first-order chi connectivity index (χ1) is 14.7. The van der Waals surface area contributed by atoms with Crippen molar-refractivity contribution in [3.63, 3.8) is 0 Å². The van der Waals surface area contributed by atoms with Gasteiger partial charge in [0.1, 0.15) is 5.25 Å². The highest BCUT2D eigenvalue weighted by molar-refractivity contribution is 8.15. The Kier molecular flexibility index (Phi) is 7.04. The number of allylic oxidation sites excluding steroid dienone is 5. The molecule has 0 aromatic heterocycles. The highest BCUT2D eigenvalue weighted by atomic mass is 32.3. The number of sulfone groups is 2. The molecule has 0 radical (unpaired) electrons. The average molecular weight is 550 g/mol. The van der Waals surface area contributed by atoms with Crippen LogP contribution in [-0.4, -0.2) is 64.6 Å². The van der Waals surface area contributed by atoms with Gasteiger partial charge in [-0.05, 0) is 0 Å². The molecular formula is C14H7F13O4S2. The second kappa shape index (κ2) is 8.46. The summed E-state index contributed by atoms with van der Waals surface area (Å²) in [6, 6.07) is 0. The fourth-order valence-electron chi connectivity index (χ4n) is 2.95. The molecule has 2 rings (SSSR count). The number of hydrogen-bond donors (Lipinski definition) is 0. The van der Waals surface area contributed by atoms with Crippen molar-refractivity contribution in [2.75, 3.05) is 0 Å². The number of hydrogen-bond acceptors (Lipinski definition) is 4. The topological polar surface area (TPSA) is 68.3 Å². The quantitative estimate of drug-likeness (QED) is 0.493. The lowest BCUT2D eigenvalue weighted by Gasteiger charge is -2.36. The van der Waals surface area contributed by atoms with Crippen molar-refractivity contribution in [1.82, 2.24) is 0 Å². The molecule has 190 valence electrons. The van der Waals surface area contributed by atoms with Crippen LogP contribution < -0.4 is 0 Å². The van der Waals surface area contributed by atoms with Gasteiger partial charge in [0.15, 0.2) is 74.4 Å². The van der Waals surface area contributed by atoms with Crippen molar-refractivity contribution >= 4 is 19.7 Å². The maximum atomic E-state index is 14.1. The first-order valence-corrected chi connectivity index (χ1v) is 11.0. The zero-order valence-electron chi connectivity index (χ0n) is 14.9. The molecule has 0 aromatic rings. The fraction of sp³-hybridized carbons (Fsp3) is 0.571. The van der Waals surface area contributed by atoms with Gasteiger partial charge in [0.2, 0.25) is 0 Å². The van der Waals surface area contributed by atoms with Crippen LogP contribution in [0.5, 0.6) is 0 Å². The summed E-state index contributed by atoms with van der Waals surface area (Å²) in [6.45, 7) is 0. The molecule has 19 heteroatoms. The summed E-state index contributed by atoms with van der Waals surface area (Å²) in [4.78, 5) is 0. The van der Waals surface area contributed by atoms with Crippen molar-refractivity contribution in [3.8, 4) is 0 Å². The van der Waals surface area contributed by atoms with Crippen LogP contribution in [0, 0.1) is 0 Å². The molecule has 33 heavy (non-hydrogen) atoms. The van der Waals surface area contributed by atoms with Gasteiger partial charge in [0.05, 0.1) is 5.57 Å². The van der Waals surface area contributed by atoms with Crippen LogP contribution in [0.4, 0.5) is 57.1 Å². The van der Waals surface area contributed by atoms with Crippen molar-refractivity contribution < 1.29 is 73.9 Å². The molecule has 2 aliphatic carbocycles. The lowest BCUT2D eigenvalue weighted by molar-refractivity contribution is -0.0477. The van der Waals surface area contributed by atoms with E-state index in [0.717, 1.165) is 0 Å². The van der Waals surface area contributed by atoms with Gasteiger partial charge in [-0.1, -0.05) is 0 Å². The highest BCUT2D eigenvalue weighted by Crippen LogP contribution is 2.48. The van der Waals surface area contributed by atoms with Crippen LogP contribution in [0.25, 0.3) is 0 Å². The van der Waals surface area contributed by atoms with Crippen LogP contribution in [0.1, 0.15) is 0 Å². The van der Waals surface area contributed by atoms with Crippen LogP contribution in [0.3, 0.4) is 0 Å². The molecule has 2 aliphatic rings. The molecule has 0 spiro atoms. The number of alkyl halides is 9. The average Bonchev–Trinajstić information content (AvgIpc) is 2.69. The maximum absolute atomic E-state index is 14.1. The van der Waals surface area contributed by atoms with Crippen molar-refractivity contribution in [3.05, 3.63) is 33.1 Å². The van der Waals surface area contributed by atoms with Gasteiger partial charge in [0.25, 0.3) is 9.84 Å². The first-order valence-electron chi connectivity index (χ1n) is 7.97. The van der Waals surface area contributed by atoms with Gasteiger partial charge in [-0.15, -0.1) is 0 Å². The summed E-state index contributed by atoms with van der Waals surface area (Å²) < 4.78 is 221. The molecule has 5 atom stereocenters. The summed E-state index contributed by atoms with van der Waals surface area (Å²) in [5.41, 5.74) is -10.1. The van der Waals surface area contributed by atoms with E-state index in [1.807, 2.05) is 0 Å². The Morgan fingerprint density at radius 2 is 1.03 bits per heavy atom. The van der Waals surface area contributed by atoms with E-state index >= 15 is 0 Å².